The second-order valence-corrected chi connectivity index (χ2v) is 11.6. The molecule has 0 bridgehead atoms. The number of benzene rings is 2. The van der Waals surface area contributed by atoms with Crippen LogP contribution in [0, 0.1) is 0 Å². The minimum atomic E-state index is -2.34. The molecule has 0 aromatic heterocycles. The summed E-state index contributed by atoms with van der Waals surface area (Å²) in [4.78, 5) is 0. The molecule has 0 saturated heterocycles. The summed E-state index contributed by atoms with van der Waals surface area (Å²) in [6.45, 7) is 11.6. The number of hydrogen-bond acceptors (Lipinski definition) is 2. The zero-order chi connectivity index (χ0) is 20.2. The van der Waals surface area contributed by atoms with Gasteiger partial charge in [-0.25, -0.2) is 0 Å². The summed E-state index contributed by atoms with van der Waals surface area (Å²) in [5, 5.41) is 10.7. The predicted octanol–water partition coefficient (Wildman–Crippen LogP) is 4.69. The largest absolute Gasteiger partial charge is 0.404 e. The van der Waals surface area contributed by atoms with Gasteiger partial charge < -0.3 is 9.53 Å². The maximum absolute atomic E-state index is 7.98. The maximum atomic E-state index is 7.98. The normalized spacial score (nSPS) is 12.2. The lowest BCUT2D eigenvalue weighted by molar-refractivity contribution is 0.339. The standard InChI is InChI=1S/C20H26OSi.C4H8O/c1-5-6-17-21-22(20(2,3)4,18-13-9-7-10-14-18)19-15-11-8-12-16-19;1-2-3-4-5/h5-16H,17H2,1-4H3;2-3,5H,4H2,1H3. The quantitative estimate of drug-likeness (QED) is 0.580. The van der Waals surface area contributed by atoms with Crippen LogP contribution in [0.4, 0.5) is 0 Å². The molecule has 2 aromatic rings. The minimum Gasteiger partial charge on any atom is -0.404 e. The molecular weight excluding hydrogens is 348 g/mol. The summed E-state index contributed by atoms with van der Waals surface area (Å²) in [7, 11) is -2.34. The smallest absolute Gasteiger partial charge is 0.261 e. The van der Waals surface area contributed by atoms with Crippen LogP contribution in [0.2, 0.25) is 5.04 Å². The van der Waals surface area contributed by atoms with Crippen LogP contribution < -0.4 is 10.4 Å². The Bertz CT molecular complexity index is 646. The lowest BCUT2D eigenvalue weighted by Gasteiger charge is -2.42. The highest BCUT2D eigenvalue weighted by molar-refractivity contribution is 6.99. The van der Waals surface area contributed by atoms with Crippen LogP contribution in [0.25, 0.3) is 0 Å². The van der Waals surface area contributed by atoms with Crippen molar-refractivity contribution in [3.63, 3.8) is 0 Å². The van der Waals surface area contributed by atoms with Gasteiger partial charge in [-0.15, -0.1) is 0 Å². The van der Waals surface area contributed by atoms with Gasteiger partial charge in [0.2, 0.25) is 0 Å². The van der Waals surface area contributed by atoms with Crippen LogP contribution in [0.3, 0.4) is 0 Å². The average molecular weight is 383 g/mol. The lowest BCUT2D eigenvalue weighted by Crippen LogP contribution is -2.66. The van der Waals surface area contributed by atoms with Gasteiger partial charge in [0.05, 0.1) is 13.2 Å². The van der Waals surface area contributed by atoms with Gasteiger partial charge in [-0.1, -0.05) is 106 Å². The van der Waals surface area contributed by atoms with Crippen LogP contribution in [0.15, 0.2) is 85.0 Å². The van der Waals surface area contributed by atoms with Crippen molar-refractivity contribution < 1.29 is 9.53 Å². The van der Waals surface area contributed by atoms with Crippen LogP contribution in [-0.2, 0) is 4.43 Å². The van der Waals surface area contributed by atoms with Gasteiger partial charge in [-0.2, -0.15) is 0 Å². The summed E-state index contributed by atoms with van der Waals surface area (Å²) in [5.74, 6) is 0. The van der Waals surface area contributed by atoms with Crippen LogP contribution in [-0.4, -0.2) is 26.6 Å². The number of hydrogen-bond donors (Lipinski definition) is 1. The van der Waals surface area contributed by atoms with E-state index < -0.39 is 8.32 Å². The Morgan fingerprint density at radius 3 is 1.56 bits per heavy atom. The molecule has 2 aromatic carbocycles. The van der Waals surface area contributed by atoms with Crippen molar-refractivity contribution in [1.82, 2.24) is 0 Å². The van der Waals surface area contributed by atoms with E-state index in [-0.39, 0.29) is 11.6 Å². The van der Waals surface area contributed by atoms with Gasteiger partial charge in [-0.05, 0) is 29.3 Å². The molecule has 2 nitrogen and oxygen atoms in total. The Morgan fingerprint density at radius 2 is 1.26 bits per heavy atom. The van der Waals surface area contributed by atoms with E-state index >= 15 is 0 Å². The molecule has 0 fully saturated rings. The first-order valence-electron chi connectivity index (χ1n) is 9.52. The second kappa shape index (κ2) is 11.7. The zero-order valence-corrected chi connectivity index (χ0v) is 18.4. The minimum absolute atomic E-state index is 0.0529. The number of aliphatic hydroxyl groups excluding tert-OH is 1. The molecule has 2 rings (SSSR count). The Hall–Kier alpha value is -1.94. The van der Waals surface area contributed by atoms with E-state index in [2.05, 4.69) is 93.6 Å². The lowest BCUT2D eigenvalue weighted by atomic mass is 10.2. The fraction of sp³-hybridized carbons (Fsp3) is 0.333. The Morgan fingerprint density at radius 1 is 0.815 bits per heavy atom. The molecule has 3 heteroatoms. The van der Waals surface area contributed by atoms with Crippen LogP contribution in [0.1, 0.15) is 34.6 Å². The Labute approximate surface area is 166 Å². The predicted molar refractivity (Wildman–Crippen MR) is 120 cm³/mol. The molecule has 0 aliphatic heterocycles. The Kier molecular flexibility index (Phi) is 10.0. The van der Waals surface area contributed by atoms with E-state index in [1.54, 1.807) is 12.2 Å². The van der Waals surface area contributed by atoms with Gasteiger partial charge in [0.15, 0.2) is 0 Å². The molecule has 0 amide bonds. The molecule has 0 heterocycles. The molecule has 0 saturated carbocycles. The van der Waals surface area contributed by atoms with Crippen molar-refractivity contribution in [3.05, 3.63) is 85.0 Å². The van der Waals surface area contributed by atoms with Crippen molar-refractivity contribution >= 4 is 18.7 Å². The summed E-state index contributed by atoms with van der Waals surface area (Å²) in [6.07, 6.45) is 7.64. The van der Waals surface area contributed by atoms with E-state index in [4.69, 9.17) is 9.53 Å². The topological polar surface area (TPSA) is 29.5 Å². The second-order valence-electron chi connectivity index (χ2n) is 7.29. The van der Waals surface area contributed by atoms with E-state index in [9.17, 15) is 0 Å². The highest BCUT2D eigenvalue weighted by Crippen LogP contribution is 2.36. The van der Waals surface area contributed by atoms with Crippen molar-refractivity contribution in [2.24, 2.45) is 0 Å². The third kappa shape index (κ3) is 6.31. The number of aliphatic hydroxyl groups is 1. The van der Waals surface area contributed by atoms with E-state index in [0.29, 0.717) is 6.61 Å². The molecular formula is C24H34O2Si. The molecule has 0 radical (unpaired) electrons. The van der Waals surface area contributed by atoms with Gasteiger partial charge in [0.25, 0.3) is 8.32 Å². The molecule has 0 aliphatic rings. The molecule has 0 aliphatic carbocycles. The Balaban J connectivity index is 0.000000646. The van der Waals surface area contributed by atoms with E-state index in [1.807, 2.05) is 13.8 Å². The van der Waals surface area contributed by atoms with Crippen molar-refractivity contribution in [1.29, 1.82) is 0 Å². The molecule has 0 atom stereocenters. The third-order valence-electron chi connectivity index (χ3n) is 4.39. The maximum Gasteiger partial charge on any atom is 0.261 e. The molecule has 27 heavy (non-hydrogen) atoms. The SMILES string of the molecule is CC=CCO.CC=CCO[Si](c1ccccc1)(c1ccccc1)C(C)(C)C. The average Bonchev–Trinajstić information content (AvgIpc) is 2.67. The van der Waals surface area contributed by atoms with E-state index in [0.717, 1.165) is 0 Å². The van der Waals surface area contributed by atoms with Crippen LogP contribution >= 0.6 is 0 Å². The number of rotatable bonds is 6. The van der Waals surface area contributed by atoms with Crippen molar-refractivity contribution in [2.45, 2.75) is 39.7 Å². The first-order chi connectivity index (χ1) is 12.9. The first-order valence-corrected chi connectivity index (χ1v) is 11.4. The zero-order valence-electron chi connectivity index (χ0n) is 17.4. The summed E-state index contributed by atoms with van der Waals surface area (Å²) in [5.41, 5.74) is 0. The molecule has 146 valence electrons. The summed E-state index contributed by atoms with van der Waals surface area (Å²) >= 11 is 0. The highest BCUT2D eigenvalue weighted by Gasteiger charge is 2.49. The fourth-order valence-electron chi connectivity index (χ4n) is 3.14. The fourth-order valence-corrected chi connectivity index (χ4v) is 7.64. The summed E-state index contributed by atoms with van der Waals surface area (Å²) in [6, 6.07) is 21.5. The highest BCUT2D eigenvalue weighted by atomic mass is 28.4. The molecule has 1 N–H and O–H groups in total. The molecule has 0 unspecified atom stereocenters. The van der Waals surface area contributed by atoms with Crippen molar-refractivity contribution in [2.75, 3.05) is 13.2 Å². The van der Waals surface area contributed by atoms with Gasteiger partial charge in [0, 0.05) is 0 Å². The van der Waals surface area contributed by atoms with Crippen molar-refractivity contribution in [3.8, 4) is 0 Å². The third-order valence-corrected chi connectivity index (χ3v) is 9.39. The van der Waals surface area contributed by atoms with Crippen LogP contribution in [0.5, 0.6) is 0 Å². The van der Waals surface area contributed by atoms with E-state index in [1.165, 1.54) is 10.4 Å². The van der Waals surface area contributed by atoms with Gasteiger partial charge >= 0.3 is 0 Å². The molecule has 0 spiro atoms. The number of allylic oxidation sites excluding steroid dienone is 2. The van der Waals surface area contributed by atoms with Gasteiger partial charge in [0.1, 0.15) is 0 Å². The van der Waals surface area contributed by atoms with Gasteiger partial charge in [-0.3, -0.25) is 0 Å². The summed E-state index contributed by atoms with van der Waals surface area (Å²) < 4.78 is 6.66. The first kappa shape index (κ1) is 23.1. The monoisotopic (exact) mass is 382 g/mol.